The fraction of sp³-hybridized carbons (Fsp3) is 0.286. The second-order valence-corrected chi connectivity index (χ2v) is 4.37. The smallest absolute Gasteiger partial charge is 0.328 e. The fourth-order valence-electron chi connectivity index (χ4n) is 2.17. The third-order valence-electron chi connectivity index (χ3n) is 3.11. The van der Waals surface area contributed by atoms with Crippen molar-refractivity contribution < 1.29 is 9.90 Å². The van der Waals surface area contributed by atoms with Crippen LogP contribution in [-0.4, -0.2) is 20.9 Å². The molecule has 0 aliphatic carbocycles. The Bertz CT molecular complexity index is 573. The number of hydrogen-bond acceptors (Lipinski definition) is 2. The molecule has 1 heterocycles. The van der Waals surface area contributed by atoms with Crippen molar-refractivity contribution in [2.24, 2.45) is 0 Å². The summed E-state index contributed by atoms with van der Waals surface area (Å²) in [5.41, 5.74) is 3.82. The zero-order valence-corrected chi connectivity index (χ0v) is 10.7. The van der Waals surface area contributed by atoms with E-state index in [1.54, 1.807) is 11.6 Å². The number of aryl methyl sites for hydroxylation is 1. The first kappa shape index (κ1) is 12.4. The first-order chi connectivity index (χ1) is 8.52. The predicted molar refractivity (Wildman–Crippen MR) is 69.5 cm³/mol. The monoisotopic (exact) mass is 244 g/mol. The SMILES string of the molecule is Cc1nn(C(C)C(=O)O)c(C)c1-c1ccccc1. The average Bonchev–Trinajstić information content (AvgIpc) is 2.65. The van der Waals surface area contributed by atoms with E-state index in [2.05, 4.69) is 5.10 Å². The molecule has 0 saturated heterocycles. The molecule has 4 heteroatoms. The Morgan fingerprint density at radius 3 is 2.44 bits per heavy atom. The number of rotatable bonds is 3. The van der Waals surface area contributed by atoms with E-state index in [0.717, 1.165) is 22.5 Å². The highest BCUT2D eigenvalue weighted by Gasteiger charge is 2.20. The van der Waals surface area contributed by atoms with Crippen LogP contribution in [0.25, 0.3) is 11.1 Å². The van der Waals surface area contributed by atoms with Crippen LogP contribution in [0.4, 0.5) is 0 Å². The van der Waals surface area contributed by atoms with Crippen LogP contribution in [0.1, 0.15) is 24.4 Å². The molecule has 0 radical (unpaired) electrons. The highest BCUT2D eigenvalue weighted by molar-refractivity contribution is 5.73. The lowest BCUT2D eigenvalue weighted by atomic mass is 10.0. The molecule has 1 atom stereocenters. The maximum Gasteiger partial charge on any atom is 0.328 e. The van der Waals surface area contributed by atoms with Crippen molar-refractivity contribution in [3.05, 3.63) is 41.7 Å². The van der Waals surface area contributed by atoms with Crippen molar-refractivity contribution in [2.75, 3.05) is 0 Å². The van der Waals surface area contributed by atoms with Crippen LogP contribution in [0.3, 0.4) is 0 Å². The molecule has 0 amide bonds. The van der Waals surface area contributed by atoms with Gasteiger partial charge in [-0.05, 0) is 26.3 Å². The van der Waals surface area contributed by atoms with Crippen LogP contribution in [0, 0.1) is 13.8 Å². The molecule has 0 aliphatic heterocycles. The first-order valence-corrected chi connectivity index (χ1v) is 5.86. The number of aliphatic carboxylic acids is 1. The zero-order valence-electron chi connectivity index (χ0n) is 10.7. The van der Waals surface area contributed by atoms with Gasteiger partial charge in [-0.3, -0.25) is 4.68 Å². The molecular weight excluding hydrogens is 228 g/mol. The molecule has 0 spiro atoms. The maximum absolute atomic E-state index is 11.0. The summed E-state index contributed by atoms with van der Waals surface area (Å²) in [6, 6.07) is 9.25. The van der Waals surface area contributed by atoms with Crippen molar-refractivity contribution in [2.45, 2.75) is 26.8 Å². The summed E-state index contributed by atoms with van der Waals surface area (Å²) in [4.78, 5) is 11.0. The molecule has 1 N–H and O–H groups in total. The number of carboxylic acid groups (broad SMARTS) is 1. The normalized spacial score (nSPS) is 12.4. The van der Waals surface area contributed by atoms with Crippen molar-refractivity contribution in [1.29, 1.82) is 0 Å². The molecule has 18 heavy (non-hydrogen) atoms. The van der Waals surface area contributed by atoms with Gasteiger partial charge in [0, 0.05) is 11.3 Å². The number of nitrogens with zero attached hydrogens (tertiary/aromatic N) is 2. The third-order valence-corrected chi connectivity index (χ3v) is 3.11. The van der Waals surface area contributed by atoms with E-state index in [1.165, 1.54) is 0 Å². The van der Waals surface area contributed by atoms with E-state index in [0.29, 0.717) is 0 Å². The lowest BCUT2D eigenvalue weighted by Gasteiger charge is -2.09. The molecule has 94 valence electrons. The lowest BCUT2D eigenvalue weighted by Crippen LogP contribution is -2.18. The fourth-order valence-corrected chi connectivity index (χ4v) is 2.17. The Labute approximate surface area is 106 Å². The van der Waals surface area contributed by atoms with Gasteiger partial charge in [0.1, 0.15) is 6.04 Å². The summed E-state index contributed by atoms with van der Waals surface area (Å²) in [7, 11) is 0. The van der Waals surface area contributed by atoms with Gasteiger partial charge in [0.15, 0.2) is 0 Å². The van der Waals surface area contributed by atoms with Gasteiger partial charge in [-0.15, -0.1) is 0 Å². The Morgan fingerprint density at radius 1 is 1.28 bits per heavy atom. The van der Waals surface area contributed by atoms with Crippen LogP contribution >= 0.6 is 0 Å². The predicted octanol–water partition coefficient (Wildman–Crippen LogP) is 2.81. The Balaban J connectivity index is 2.55. The van der Waals surface area contributed by atoms with Gasteiger partial charge in [0.05, 0.1) is 5.69 Å². The van der Waals surface area contributed by atoms with Crippen molar-refractivity contribution in [3.8, 4) is 11.1 Å². The third kappa shape index (κ3) is 2.01. The van der Waals surface area contributed by atoms with Crippen LogP contribution in [0.2, 0.25) is 0 Å². The van der Waals surface area contributed by atoms with E-state index < -0.39 is 12.0 Å². The van der Waals surface area contributed by atoms with Crippen LogP contribution in [0.5, 0.6) is 0 Å². The molecule has 2 aromatic rings. The molecule has 0 saturated carbocycles. The molecule has 0 fully saturated rings. The van der Waals surface area contributed by atoms with E-state index in [1.807, 2.05) is 44.2 Å². The largest absolute Gasteiger partial charge is 0.480 e. The summed E-state index contributed by atoms with van der Waals surface area (Å²) in [6.07, 6.45) is 0. The minimum Gasteiger partial charge on any atom is -0.480 e. The van der Waals surface area contributed by atoms with Gasteiger partial charge in [-0.1, -0.05) is 30.3 Å². The Hall–Kier alpha value is -2.10. The number of hydrogen-bond donors (Lipinski definition) is 1. The molecule has 1 unspecified atom stereocenters. The van der Waals surface area contributed by atoms with Crippen LogP contribution in [-0.2, 0) is 4.79 Å². The first-order valence-electron chi connectivity index (χ1n) is 5.86. The van der Waals surface area contributed by atoms with Gasteiger partial charge in [-0.25, -0.2) is 4.79 Å². The number of carboxylic acids is 1. The summed E-state index contributed by atoms with van der Waals surface area (Å²) < 4.78 is 1.57. The lowest BCUT2D eigenvalue weighted by molar-refractivity contribution is -0.140. The maximum atomic E-state index is 11.0. The molecule has 1 aromatic heterocycles. The van der Waals surface area contributed by atoms with Gasteiger partial charge >= 0.3 is 5.97 Å². The number of benzene rings is 1. The van der Waals surface area contributed by atoms with Gasteiger partial charge < -0.3 is 5.11 Å². The minimum absolute atomic E-state index is 0.652. The van der Waals surface area contributed by atoms with E-state index in [9.17, 15) is 4.79 Å². The molecule has 1 aromatic carbocycles. The summed E-state index contributed by atoms with van der Waals surface area (Å²) >= 11 is 0. The van der Waals surface area contributed by atoms with E-state index in [-0.39, 0.29) is 0 Å². The Kier molecular flexibility index (Phi) is 3.19. The molecule has 2 rings (SSSR count). The highest BCUT2D eigenvalue weighted by Crippen LogP contribution is 2.28. The molecule has 4 nitrogen and oxygen atoms in total. The number of carbonyl (C=O) groups is 1. The zero-order chi connectivity index (χ0) is 13.3. The van der Waals surface area contributed by atoms with Crippen molar-refractivity contribution >= 4 is 5.97 Å². The van der Waals surface area contributed by atoms with E-state index >= 15 is 0 Å². The van der Waals surface area contributed by atoms with Crippen molar-refractivity contribution in [1.82, 2.24) is 9.78 Å². The van der Waals surface area contributed by atoms with Crippen LogP contribution in [0.15, 0.2) is 30.3 Å². The van der Waals surface area contributed by atoms with Gasteiger partial charge in [0.25, 0.3) is 0 Å². The number of aromatic nitrogens is 2. The van der Waals surface area contributed by atoms with Gasteiger partial charge in [0.2, 0.25) is 0 Å². The molecule has 0 bridgehead atoms. The van der Waals surface area contributed by atoms with E-state index in [4.69, 9.17) is 5.11 Å². The standard InChI is InChI=1S/C14H16N2O2/c1-9-13(12-7-5-4-6-8-12)10(2)16(15-9)11(3)14(17)18/h4-8,11H,1-3H3,(H,17,18). The topological polar surface area (TPSA) is 55.1 Å². The minimum atomic E-state index is -0.875. The van der Waals surface area contributed by atoms with Gasteiger partial charge in [-0.2, -0.15) is 5.10 Å². The van der Waals surface area contributed by atoms with Crippen molar-refractivity contribution in [3.63, 3.8) is 0 Å². The summed E-state index contributed by atoms with van der Waals surface area (Å²) in [5, 5.41) is 13.4. The highest BCUT2D eigenvalue weighted by atomic mass is 16.4. The summed E-state index contributed by atoms with van der Waals surface area (Å²) in [5.74, 6) is -0.875. The Morgan fingerprint density at radius 2 is 1.89 bits per heavy atom. The second kappa shape index (κ2) is 4.64. The summed E-state index contributed by atoms with van der Waals surface area (Å²) in [6.45, 7) is 5.44. The quantitative estimate of drug-likeness (QED) is 0.903. The average molecular weight is 244 g/mol. The molecular formula is C14H16N2O2. The van der Waals surface area contributed by atoms with Crippen LogP contribution < -0.4 is 0 Å². The molecule has 0 aliphatic rings. The second-order valence-electron chi connectivity index (χ2n) is 4.37.